The first-order valence-corrected chi connectivity index (χ1v) is 11.8. The van der Waals surface area contributed by atoms with E-state index in [1.807, 2.05) is 24.3 Å². The predicted octanol–water partition coefficient (Wildman–Crippen LogP) is 5.81. The molecule has 1 saturated carbocycles. The number of benzene rings is 2. The maximum atomic E-state index is 13.3. The molecular formula is C24H21ClN2O4S. The number of halogens is 1. The summed E-state index contributed by atoms with van der Waals surface area (Å²) in [5.41, 5.74) is 4.59. The van der Waals surface area contributed by atoms with Gasteiger partial charge in [-0.2, -0.15) is 0 Å². The Kier molecular flexibility index (Phi) is 5.61. The summed E-state index contributed by atoms with van der Waals surface area (Å²) < 4.78 is 5.84. The minimum absolute atomic E-state index is 0.0524. The fourth-order valence-corrected chi connectivity index (χ4v) is 5.83. The third-order valence-electron chi connectivity index (χ3n) is 6.32. The number of rotatable bonds is 5. The predicted molar refractivity (Wildman–Crippen MR) is 123 cm³/mol. The number of hydrogen-bond donors (Lipinski definition) is 1. The van der Waals surface area contributed by atoms with E-state index in [-0.39, 0.29) is 18.6 Å². The zero-order valence-corrected chi connectivity index (χ0v) is 18.7. The lowest BCUT2D eigenvalue weighted by molar-refractivity contribution is -0.141. The molecule has 6 nitrogen and oxygen atoms in total. The van der Waals surface area contributed by atoms with E-state index in [2.05, 4.69) is 29.2 Å². The van der Waals surface area contributed by atoms with Gasteiger partial charge in [0.25, 0.3) is 0 Å². The van der Waals surface area contributed by atoms with E-state index >= 15 is 0 Å². The molecule has 0 unspecified atom stereocenters. The molecule has 32 heavy (non-hydrogen) atoms. The summed E-state index contributed by atoms with van der Waals surface area (Å²) in [5, 5.41) is 11.8. The highest BCUT2D eigenvalue weighted by Crippen LogP contribution is 2.44. The van der Waals surface area contributed by atoms with Crippen LogP contribution in [0.2, 0.25) is 5.15 Å². The summed E-state index contributed by atoms with van der Waals surface area (Å²) >= 11 is 7.27. The minimum Gasteiger partial charge on any atom is -0.481 e. The molecule has 0 radical (unpaired) electrons. The second-order valence-electron chi connectivity index (χ2n) is 8.13. The van der Waals surface area contributed by atoms with E-state index in [0.29, 0.717) is 29.5 Å². The highest BCUT2D eigenvalue weighted by molar-refractivity contribution is 7.14. The fourth-order valence-electron chi connectivity index (χ4n) is 4.82. The summed E-state index contributed by atoms with van der Waals surface area (Å²) in [5.74, 6) is -1.36. The van der Waals surface area contributed by atoms with E-state index in [1.54, 1.807) is 5.38 Å². The summed E-state index contributed by atoms with van der Waals surface area (Å²) in [6.07, 6.45) is 0.954. The first kappa shape index (κ1) is 21.0. The van der Waals surface area contributed by atoms with Gasteiger partial charge in [-0.3, -0.25) is 4.79 Å². The second-order valence-corrected chi connectivity index (χ2v) is 9.35. The van der Waals surface area contributed by atoms with Crippen LogP contribution in [0, 0.1) is 5.92 Å². The maximum absolute atomic E-state index is 13.3. The van der Waals surface area contributed by atoms with Crippen LogP contribution in [0.1, 0.15) is 36.3 Å². The van der Waals surface area contributed by atoms with Crippen molar-refractivity contribution in [3.05, 3.63) is 70.2 Å². The van der Waals surface area contributed by atoms with Gasteiger partial charge in [-0.15, -0.1) is 11.3 Å². The molecule has 1 aromatic heterocycles. The normalized spacial score (nSPS) is 19.4. The van der Waals surface area contributed by atoms with Gasteiger partial charge >= 0.3 is 12.1 Å². The molecule has 164 valence electrons. The molecule has 8 heteroatoms. The lowest BCUT2D eigenvalue weighted by atomic mass is 9.98. The van der Waals surface area contributed by atoms with Crippen molar-refractivity contribution in [3.8, 4) is 11.1 Å². The summed E-state index contributed by atoms with van der Waals surface area (Å²) in [4.78, 5) is 30.5. The quantitative estimate of drug-likeness (QED) is 0.511. The van der Waals surface area contributed by atoms with Gasteiger partial charge in [-0.1, -0.05) is 60.1 Å². The van der Waals surface area contributed by atoms with Crippen molar-refractivity contribution in [2.45, 2.75) is 31.2 Å². The van der Waals surface area contributed by atoms with Crippen LogP contribution in [-0.2, 0) is 9.53 Å². The van der Waals surface area contributed by atoms with Crippen LogP contribution in [-0.4, -0.2) is 34.8 Å². The molecule has 0 bridgehead atoms. The number of thiazole rings is 1. The minimum atomic E-state index is -0.836. The molecule has 0 aliphatic heterocycles. The molecule has 3 aromatic rings. The van der Waals surface area contributed by atoms with Crippen LogP contribution in [0.15, 0.2) is 53.9 Å². The molecule has 1 amide bonds. The molecule has 2 aliphatic carbocycles. The van der Waals surface area contributed by atoms with Crippen molar-refractivity contribution in [1.29, 1.82) is 0 Å². The highest BCUT2D eigenvalue weighted by Gasteiger charge is 2.38. The van der Waals surface area contributed by atoms with Crippen molar-refractivity contribution in [1.82, 2.24) is 4.98 Å². The van der Waals surface area contributed by atoms with Crippen molar-refractivity contribution in [2.75, 3.05) is 11.5 Å². The van der Waals surface area contributed by atoms with Crippen molar-refractivity contribution >= 4 is 40.1 Å². The molecule has 2 atom stereocenters. The molecule has 5 rings (SSSR count). The van der Waals surface area contributed by atoms with Gasteiger partial charge in [0.2, 0.25) is 0 Å². The Bertz CT molecular complexity index is 1130. The van der Waals surface area contributed by atoms with E-state index in [0.717, 1.165) is 22.3 Å². The Labute approximate surface area is 194 Å². The van der Waals surface area contributed by atoms with Gasteiger partial charge in [0, 0.05) is 17.3 Å². The molecule has 0 spiro atoms. The molecular weight excluding hydrogens is 448 g/mol. The van der Waals surface area contributed by atoms with E-state index in [4.69, 9.17) is 16.3 Å². The maximum Gasteiger partial charge on any atom is 0.416 e. The second kappa shape index (κ2) is 8.56. The zero-order valence-electron chi connectivity index (χ0n) is 17.1. The van der Waals surface area contributed by atoms with Gasteiger partial charge in [0.05, 0.1) is 5.92 Å². The van der Waals surface area contributed by atoms with Crippen LogP contribution in [0.3, 0.4) is 0 Å². The third kappa shape index (κ3) is 3.76. The molecule has 2 aromatic carbocycles. The number of aromatic nitrogens is 1. The molecule has 0 saturated heterocycles. The first-order valence-electron chi connectivity index (χ1n) is 10.5. The van der Waals surface area contributed by atoms with Gasteiger partial charge in [0.1, 0.15) is 11.8 Å². The summed E-state index contributed by atoms with van der Waals surface area (Å²) in [6, 6.07) is 16.0. The number of carboxylic acids is 1. The Morgan fingerprint density at radius 2 is 1.75 bits per heavy atom. The van der Waals surface area contributed by atoms with Crippen molar-refractivity contribution in [3.63, 3.8) is 0 Å². The number of carbonyl (C=O) groups excluding carboxylic acids is 1. The van der Waals surface area contributed by atoms with Gasteiger partial charge in [-0.05, 0) is 41.5 Å². The molecule has 1 fully saturated rings. The summed E-state index contributed by atoms with van der Waals surface area (Å²) in [6.45, 7) is 0.192. The Morgan fingerprint density at radius 3 is 2.31 bits per heavy atom. The highest BCUT2D eigenvalue weighted by atomic mass is 35.5. The van der Waals surface area contributed by atoms with Crippen LogP contribution in [0.4, 0.5) is 9.93 Å². The number of fused-ring (bicyclic) bond motifs is 3. The van der Waals surface area contributed by atoms with Gasteiger partial charge in [0.15, 0.2) is 5.13 Å². The largest absolute Gasteiger partial charge is 0.481 e. The molecule has 2 aliphatic rings. The van der Waals surface area contributed by atoms with Crippen molar-refractivity contribution in [2.24, 2.45) is 5.92 Å². The zero-order chi connectivity index (χ0) is 22.2. The number of carbonyl (C=O) groups is 2. The van der Waals surface area contributed by atoms with Crippen LogP contribution in [0.25, 0.3) is 11.1 Å². The number of nitrogens with zero attached hydrogens (tertiary/aromatic N) is 2. The lowest BCUT2D eigenvalue weighted by Crippen LogP contribution is -2.40. The van der Waals surface area contributed by atoms with Gasteiger partial charge in [-0.25, -0.2) is 14.7 Å². The third-order valence-corrected chi connectivity index (χ3v) is 7.49. The Hall–Kier alpha value is -2.90. The number of anilines is 1. The topological polar surface area (TPSA) is 79.7 Å². The van der Waals surface area contributed by atoms with Gasteiger partial charge < -0.3 is 9.84 Å². The lowest BCUT2D eigenvalue weighted by Gasteiger charge is -2.26. The fraction of sp³-hybridized carbons (Fsp3) is 0.292. The number of carboxylic acid groups (broad SMARTS) is 1. The van der Waals surface area contributed by atoms with Crippen LogP contribution < -0.4 is 4.90 Å². The van der Waals surface area contributed by atoms with E-state index < -0.39 is 18.0 Å². The molecule has 1 N–H and O–H groups in total. The van der Waals surface area contributed by atoms with Crippen LogP contribution in [0.5, 0.6) is 0 Å². The smallest absolute Gasteiger partial charge is 0.416 e. The standard InChI is InChI=1S/C24H21ClN2O4S/c25-21-13-32-23(26-21)27(15-10-9-14(11-15)22(28)29)24(30)31-12-20-18-7-3-1-5-16(18)17-6-2-4-8-19(17)20/h1-8,13-15,20H,9-12H2,(H,28,29)/t14-,15+/m1/s1. The monoisotopic (exact) mass is 468 g/mol. The summed E-state index contributed by atoms with van der Waals surface area (Å²) in [7, 11) is 0. The SMILES string of the molecule is O=C(O)[C@@H]1CC[C@H](N(C(=O)OCC2c3ccccc3-c3ccccc32)c2nc(Cl)cs2)C1. The number of aliphatic carboxylic acids is 1. The number of amides is 1. The van der Waals surface area contributed by atoms with Crippen LogP contribution >= 0.6 is 22.9 Å². The first-order chi connectivity index (χ1) is 15.5. The van der Waals surface area contributed by atoms with E-state index in [1.165, 1.54) is 16.2 Å². The molecule has 1 heterocycles. The number of ether oxygens (including phenoxy) is 1. The number of hydrogen-bond acceptors (Lipinski definition) is 5. The Morgan fingerprint density at radius 1 is 1.09 bits per heavy atom. The van der Waals surface area contributed by atoms with Crippen molar-refractivity contribution < 1.29 is 19.4 Å². The van der Waals surface area contributed by atoms with E-state index in [9.17, 15) is 14.7 Å². The average Bonchev–Trinajstić information content (AvgIpc) is 3.51. The average molecular weight is 469 g/mol. The Balaban J connectivity index is 1.38.